The highest BCUT2D eigenvalue weighted by Gasteiger charge is 2.09. The summed E-state index contributed by atoms with van der Waals surface area (Å²) in [6.07, 6.45) is 0.958. The molecule has 1 nitrogen and oxygen atoms in total. The number of thiophene rings is 1. The van der Waals surface area contributed by atoms with Crippen molar-refractivity contribution >= 4 is 49.3 Å². The maximum atomic E-state index is 11.3. The molecule has 3 aromatic carbocycles. The Bertz CT molecular complexity index is 934. The van der Waals surface area contributed by atoms with Crippen molar-refractivity contribution in [3.63, 3.8) is 0 Å². The average Bonchev–Trinajstić information content (AvgIpc) is 2.95. The van der Waals surface area contributed by atoms with E-state index in [9.17, 15) is 4.79 Å². The molecular weight excluding hydrogens is 252 g/mol. The van der Waals surface area contributed by atoms with Crippen LogP contribution in [0.15, 0.2) is 53.9 Å². The first-order valence-electron chi connectivity index (χ1n) is 6.15. The van der Waals surface area contributed by atoms with E-state index in [2.05, 4.69) is 30.3 Å². The second kappa shape index (κ2) is 3.90. The number of fused-ring (bicyclic) bond motifs is 5. The molecule has 4 rings (SSSR count). The van der Waals surface area contributed by atoms with Gasteiger partial charge in [0.05, 0.1) is 0 Å². The molecule has 0 aliphatic rings. The van der Waals surface area contributed by atoms with E-state index in [0.717, 1.165) is 21.9 Å². The topological polar surface area (TPSA) is 17.1 Å². The number of rotatable bonds is 1. The molecule has 0 radical (unpaired) electrons. The second-order valence-corrected chi connectivity index (χ2v) is 5.54. The summed E-state index contributed by atoms with van der Waals surface area (Å²) in [7, 11) is 0. The summed E-state index contributed by atoms with van der Waals surface area (Å²) in [4.78, 5) is 11.3. The van der Waals surface area contributed by atoms with E-state index in [0.29, 0.717) is 0 Å². The van der Waals surface area contributed by atoms with Gasteiger partial charge in [-0.25, -0.2) is 0 Å². The van der Waals surface area contributed by atoms with Crippen LogP contribution in [0.2, 0.25) is 0 Å². The summed E-state index contributed by atoms with van der Waals surface area (Å²) in [5.74, 6) is 0. The molecule has 0 spiro atoms. The SMILES string of the molecule is O=Cc1cc2c3ccccc3ccc2c2ccsc12. The highest BCUT2D eigenvalue weighted by molar-refractivity contribution is 7.17. The maximum absolute atomic E-state index is 11.3. The van der Waals surface area contributed by atoms with Gasteiger partial charge in [0.1, 0.15) is 0 Å². The van der Waals surface area contributed by atoms with Crippen molar-refractivity contribution in [1.82, 2.24) is 0 Å². The second-order valence-electron chi connectivity index (χ2n) is 4.63. The Hall–Kier alpha value is -2.19. The van der Waals surface area contributed by atoms with Crippen molar-refractivity contribution in [2.75, 3.05) is 0 Å². The van der Waals surface area contributed by atoms with E-state index >= 15 is 0 Å². The largest absolute Gasteiger partial charge is 0.298 e. The Balaban J connectivity index is 2.34. The van der Waals surface area contributed by atoms with Gasteiger partial charge in [0, 0.05) is 15.6 Å². The molecule has 0 amide bonds. The number of carbonyl (C=O) groups excluding carboxylic acids is 1. The van der Waals surface area contributed by atoms with Gasteiger partial charge in [-0.3, -0.25) is 4.79 Å². The van der Waals surface area contributed by atoms with Crippen molar-refractivity contribution < 1.29 is 4.79 Å². The number of aldehydes is 1. The van der Waals surface area contributed by atoms with Crippen LogP contribution >= 0.6 is 11.3 Å². The van der Waals surface area contributed by atoms with E-state index < -0.39 is 0 Å². The Morgan fingerprint density at radius 2 is 1.74 bits per heavy atom. The molecule has 19 heavy (non-hydrogen) atoms. The fourth-order valence-corrected chi connectivity index (χ4v) is 3.63. The molecule has 0 saturated heterocycles. The number of hydrogen-bond acceptors (Lipinski definition) is 2. The molecule has 0 aliphatic carbocycles. The summed E-state index contributed by atoms with van der Waals surface area (Å²) >= 11 is 1.63. The Morgan fingerprint density at radius 1 is 0.842 bits per heavy atom. The lowest BCUT2D eigenvalue weighted by Crippen LogP contribution is -1.84. The Labute approximate surface area is 114 Å². The van der Waals surface area contributed by atoms with Crippen molar-refractivity contribution in [3.05, 3.63) is 59.5 Å². The van der Waals surface area contributed by atoms with E-state index in [-0.39, 0.29) is 0 Å². The van der Waals surface area contributed by atoms with Crippen LogP contribution in [-0.2, 0) is 0 Å². The van der Waals surface area contributed by atoms with E-state index in [1.807, 2.05) is 23.6 Å². The minimum Gasteiger partial charge on any atom is -0.298 e. The number of benzene rings is 3. The minimum absolute atomic E-state index is 0.786. The van der Waals surface area contributed by atoms with Crippen molar-refractivity contribution in [2.24, 2.45) is 0 Å². The molecule has 0 aliphatic heterocycles. The number of carbonyl (C=O) groups is 1. The zero-order valence-electron chi connectivity index (χ0n) is 10.1. The smallest absolute Gasteiger partial charge is 0.151 e. The fraction of sp³-hybridized carbons (Fsp3) is 0. The third-order valence-corrected chi connectivity index (χ3v) is 4.58. The van der Waals surface area contributed by atoms with Gasteiger partial charge >= 0.3 is 0 Å². The molecular formula is C17H10OS. The van der Waals surface area contributed by atoms with Gasteiger partial charge in [-0.15, -0.1) is 11.3 Å². The van der Waals surface area contributed by atoms with Crippen LogP contribution in [0.1, 0.15) is 10.4 Å². The molecule has 0 atom stereocenters. The third kappa shape index (κ3) is 1.44. The molecule has 90 valence electrons. The molecule has 0 saturated carbocycles. The first kappa shape index (κ1) is 10.7. The molecule has 0 bridgehead atoms. The zero-order chi connectivity index (χ0) is 12.8. The highest BCUT2D eigenvalue weighted by atomic mass is 32.1. The summed E-state index contributed by atoms with van der Waals surface area (Å²) in [6.45, 7) is 0. The quantitative estimate of drug-likeness (QED) is 0.348. The summed E-state index contributed by atoms with van der Waals surface area (Å²) < 4.78 is 1.08. The molecule has 0 fully saturated rings. The van der Waals surface area contributed by atoms with Crippen LogP contribution < -0.4 is 0 Å². The molecule has 1 aromatic heterocycles. The standard InChI is InChI=1S/C17H10OS/c18-10-12-9-16-13-4-2-1-3-11(13)5-6-14(16)15-7-8-19-17(12)15/h1-10H. The molecule has 0 N–H and O–H groups in total. The van der Waals surface area contributed by atoms with Gasteiger partial charge in [-0.1, -0.05) is 36.4 Å². The third-order valence-electron chi connectivity index (χ3n) is 3.62. The van der Waals surface area contributed by atoms with Crippen LogP contribution in [0.4, 0.5) is 0 Å². The van der Waals surface area contributed by atoms with Crippen LogP contribution in [0.25, 0.3) is 31.6 Å². The van der Waals surface area contributed by atoms with Gasteiger partial charge in [0.25, 0.3) is 0 Å². The van der Waals surface area contributed by atoms with E-state index in [1.165, 1.54) is 21.5 Å². The predicted molar refractivity (Wildman–Crippen MR) is 82.2 cm³/mol. The summed E-state index contributed by atoms with van der Waals surface area (Å²) in [6, 6.07) is 16.7. The summed E-state index contributed by atoms with van der Waals surface area (Å²) in [5, 5.41) is 8.02. The average molecular weight is 262 g/mol. The summed E-state index contributed by atoms with van der Waals surface area (Å²) in [5.41, 5.74) is 0.786. The van der Waals surface area contributed by atoms with Gasteiger partial charge in [0.2, 0.25) is 0 Å². The van der Waals surface area contributed by atoms with Gasteiger partial charge < -0.3 is 0 Å². The van der Waals surface area contributed by atoms with Gasteiger partial charge in [-0.05, 0) is 39.1 Å². The van der Waals surface area contributed by atoms with Crippen LogP contribution in [0, 0.1) is 0 Å². The molecule has 4 aromatic rings. The van der Waals surface area contributed by atoms with E-state index in [4.69, 9.17) is 0 Å². The monoisotopic (exact) mass is 262 g/mol. The first-order chi connectivity index (χ1) is 9.38. The normalized spacial score (nSPS) is 11.4. The molecule has 1 heterocycles. The zero-order valence-corrected chi connectivity index (χ0v) is 10.9. The van der Waals surface area contributed by atoms with Gasteiger partial charge in [0.15, 0.2) is 6.29 Å². The highest BCUT2D eigenvalue weighted by Crippen LogP contribution is 2.35. The Morgan fingerprint density at radius 3 is 2.63 bits per heavy atom. The number of hydrogen-bond donors (Lipinski definition) is 0. The minimum atomic E-state index is 0.786. The lowest BCUT2D eigenvalue weighted by molar-refractivity contribution is 0.112. The Kier molecular flexibility index (Phi) is 2.20. The molecule has 0 unspecified atom stereocenters. The van der Waals surface area contributed by atoms with E-state index in [1.54, 1.807) is 11.3 Å². The lowest BCUT2D eigenvalue weighted by atomic mass is 9.98. The van der Waals surface area contributed by atoms with Crippen molar-refractivity contribution in [1.29, 1.82) is 0 Å². The van der Waals surface area contributed by atoms with Crippen LogP contribution in [0.3, 0.4) is 0 Å². The predicted octanol–water partition coefficient (Wildman–Crippen LogP) is 5.02. The van der Waals surface area contributed by atoms with Gasteiger partial charge in [-0.2, -0.15) is 0 Å². The van der Waals surface area contributed by atoms with Crippen LogP contribution in [0.5, 0.6) is 0 Å². The van der Waals surface area contributed by atoms with Crippen LogP contribution in [-0.4, -0.2) is 6.29 Å². The van der Waals surface area contributed by atoms with Crippen molar-refractivity contribution in [3.8, 4) is 0 Å². The lowest BCUT2D eigenvalue weighted by Gasteiger charge is -2.06. The first-order valence-corrected chi connectivity index (χ1v) is 7.03. The molecule has 2 heteroatoms. The van der Waals surface area contributed by atoms with Crippen molar-refractivity contribution in [2.45, 2.75) is 0 Å². The maximum Gasteiger partial charge on any atom is 0.151 e. The fourth-order valence-electron chi connectivity index (χ4n) is 2.74.